The summed E-state index contributed by atoms with van der Waals surface area (Å²) in [5, 5.41) is 0. The van der Waals surface area contributed by atoms with Crippen LogP contribution in [0.5, 0.6) is 0 Å². The van der Waals surface area contributed by atoms with E-state index in [1.807, 2.05) is 30.5 Å². The molecule has 11 nitrogen and oxygen atoms in total. The lowest BCUT2D eigenvalue weighted by Gasteiger charge is -2.33. The molecule has 3 aromatic rings. The molecule has 184 valence electrons. The lowest BCUT2D eigenvalue weighted by atomic mass is 10.1. The third-order valence-electron chi connectivity index (χ3n) is 6.01. The number of pyridine rings is 1. The van der Waals surface area contributed by atoms with E-state index in [1.54, 1.807) is 18.7 Å². The predicted octanol–water partition coefficient (Wildman–Crippen LogP) is 1.68. The van der Waals surface area contributed by atoms with Crippen LogP contribution >= 0.6 is 11.8 Å². The number of aromatic nitrogens is 4. The van der Waals surface area contributed by atoms with Crippen molar-refractivity contribution in [2.45, 2.75) is 18.4 Å². The van der Waals surface area contributed by atoms with Crippen molar-refractivity contribution in [3.63, 3.8) is 0 Å². The number of thioether (sulfide) groups is 1. The van der Waals surface area contributed by atoms with E-state index in [2.05, 4.69) is 24.8 Å². The quantitative estimate of drug-likeness (QED) is 0.480. The van der Waals surface area contributed by atoms with E-state index < -0.39 is 10.0 Å². The zero-order valence-corrected chi connectivity index (χ0v) is 21.2. The summed E-state index contributed by atoms with van der Waals surface area (Å²) in [6, 6.07) is 7.90. The van der Waals surface area contributed by atoms with Crippen LogP contribution < -0.4 is 16.4 Å². The maximum Gasteiger partial charge on any atom is 0.223 e. The first kappa shape index (κ1) is 23.7. The topological polar surface area (TPSA) is 147 Å². The molecule has 1 aromatic carbocycles. The highest BCUT2D eigenvalue weighted by Crippen LogP contribution is 2.45. The number of sulfonamides is 1. The van der Waals surface area contributed by atoms with E-state index in [0.29, 0.717) is 55.9 Å². The Morgan fingerprint density at radius 3 is 2.54 bits per heavy atom. The van der Waals surface area contributed by atoms with E-state index in [1.165, 1.54) is 10.6 Å². The fourth-order valence-corrected chi connectivity index (χ4v) is 6.15. The second-order valence-electron chi connectivity index (χ2n) is 8.65. The number of benzene rings is 1. The molecule has 0 spiro atoms. The molecule has 1 fully saturated rings. The number of hydrogen-bond donors (Lipinski definition) is 2. The number of anilines is 4. The summed E-state index contributed by atoms with van der Waals surface area (Å²) in [5.41, 5.74) is 15.4. The molecule has 0 radical (unpaired) electrons. The van der Waals surface area contributed by atoms with E-state index >= 15 is 0 Å². The molecular formula is C22H27N9O2S2. The van der Waals surface area contributed by atoms with Gasteiger partial charge in [-0.05, 0) is 36.8 Å². The summed E-state index contributed by atoms with van der Waals surface area (Å²) >= 11 is 1.72. The molecule has 0 atom stereocenters. The molecule has 0 aliphatic carbocycles. The Hall–Kier alpha value is -3.00. The largest absolute Gasteiger partial charge is 0.399 e. The number of aryl methyl sites for hydroxylation is 1. The predicted molar refractivity (Wildman–Crippen MR) is 138 cm³/mol. The average Bonchev–Trinajstić information content (AvgIpc) is 3.21. The Kier molecular flexibility index (Phi) is 6.25. The second kappa shape index (κ2) is 9.22. The Morgan fingerprint density at radius 1 is 1.06 bits per heavy atom. The number of nitrogens with two attached hydrogens (primary N) is 2. The summed E-state index contributed by atoms with van der Waals surface area (Å²) in [5.74, 6) is 2.55. The van der Waals surface area contributed by atoms with Crippen molar-refractivity contribution in [2.24, 2.45) is 0 Å². The lowest BCUT2D eigenvalue weighted by molar-refractivity contribution is 0.182. The van der Waals surface area contributed by atoms with Gasteiger partial charge in [-0.2, -0.15) is 14.3 Å². The van der Waals surface area contributed by atoms with Gasteiger partial charge in [-0.3, -0.25) is 4.90 Å². The highest BCUT2D eigenvalue weighted by molar-refractivity contribution is 7.99. The first-order valence-corrected chi connectivity index (χ1v) is 14.0. The lowest BCUT2D eigenvalue weighted by Crippen LogP contribution is -2.47. The van der Waals surface area contributed by atoms with Gasteiger partial charge in [0.05, 0.1) is 23.4 Å². The first-order chi connectivity index (χ1) is 16.7. The molecule has 0 saturated carbocycles. The molecule has 0 bridgehead atoms. The van der Waals surface area contributed by atoms with Crippen molar-refractivity contribution in [3.8, 4) is 11.4 Å². The maximum absolute atomic E-state index is 11.8. The fourth-order valence-electron chi connectivity index (χ4n) is 4.31. The highest BCUT2D eigenvalue weighted by Gasteiger charge is 2.27. The molecule has 0 unspecified atom stereocenters. The summed E-state index contributed by atoms with van der Waals surface area (Å²) < 4.78 is 25.2. The number of nitrogens with zero attached hydrogens (tertiary/aromatic N) is 7. The van der Waals surface area contributed by atoms with E-state index in [4.69, 9.17) is 16.5 Å². The van der Waals surface area contributed by atoms with Gasteiger partial charge in [0.25, 0.3) is 0 Å². The molecule has 35 heavy (non-hydrogen) atoms. The fraction of sp³-hybridized carbons (Fsp3) is 0.364. The van der Waals surface area contributed by atoms with Crippen LogP contribution in [0.15, 0.2) is 35.4 Å². The Labute approximate surface area is 208 Å². The molecule has 2 aromatic heterocycles. The van der Waals surface area contributed by atoms with Gasteiger partial charge in [0.2, 0.25) is 16.0 Å². The zero-order valence-electron chi connectivity index (χ0n) is 19.5. The minimum absolute atomic E-state index is 0.154. The molecular weight excluding hydrogens is 486 g/mol. The molecule has 2 aliphatic heterocycles. The van der Waals surface area contributed by atoms with Crippen molar-refractivity contribution in [3.05, 3.63) is 41.9 Å². The SMILES string of the molecule is Cc1nc(N)nc(-c2cc(CN3CCN(S(C)(=O)=O)CC3)cnc2N2CSc3ccc(N)cc32)n1. The monoisotopic (exact) mass is 513 g/mol. The maximum atomic E-state index is 11.8. The molecule has 13 heteroatoms. The summed E-state index contributed by atoms with van der Waals surface area (Å²) in [6.07, 6.45) is 3.11. The van der Waals surface area contributed by atoms with Gasteiger partial charge in [-0.25, -0.2) is 18.4 Å². The molecule has 0 amide bonds. The minimum atomic E-state index is -3.17. The standard InChI is InChI=1S/C22H27N9O2S2/c1-14-26-20(28-22(24)27-14)17-9-15(12-29-5-7-30(8-6-29)35(2,32)33)11-25-21(17)31-13-34-19-4-3-16(23)10-18(19)31/h3-4,9-11H,5-8,12-13,23H2,1-2H3,(H2,24,26,27,28). The van der Waals surface area contributed by atoms with Gasteiger partial charge in [-0.15, -0.1) is 11.8 Å². The van der Waals surface area contributed by atoms with Crippen LogP contribution in [0.3, 0.4) is 0 Å². The van der Waals surface area contributed by atoms with E-state index in [-0.39, 0.29) is 5.95 Å². The van der Waals surface area contributed by atoms with Crippen molar-refractivity contribution >= 4 is 44.9 Å². The third-order valence-corrected chi connectivity index (χ3v) is 8.36. The minimum Gasteiger partial charge on any atom is -0.399 e. The van der Waals surface area contributed by atoms with Crippen LogP contribution in [-0.2, 0) is 16.6 Å². The smallest absolute Gasteiger partial charge is 0.223 e. The second-order valence-corrected chi connectivity index (χ2v) is 11.6. The average molecular weight is 514 g/mol. The van der Waals surface area contributed by atoms with Gasteiger partial charge in [0, 0.05) is 49.5 Å². The highest BCUT2D eigenvalue weighted by atomic mass is 32.2. The Morgan fingerprint density at radius 2 is 1.83 bits per heavy atom. The van der Waals surface area contributed by atoms with Gasteiger partial charge < -0.3 is 16.4 Å². The van der Waals surface area contributed by atoms with Crippen LogP contribution in [0.4, 0.5) is 23.1 Å². The van der Waals surface area contributed by atoms with Gasteiger partial charge in [-0.1, -0.05) is 0 Å². The molecule has 4 N–H and O–H groups in total. The summed E-state index contributed by atoms with van der Waals surface area (Å²) in [7, 11) is -3.17. The van der Waals surface area contributed by atoms with Crippen LogP contribution in [-0.4, -0.2) is 75.9 Å². The molecule has 5 rings (SSSR count). The zero-order chi connectivity index (χ0) is 24.7. The third kappa shape index (κ3) is 5.03. The van der Waals surface area contributed by atoms with Crippen LogP contribution in [0.1, 0.15) is 11.4 Å². The van der Waals surface area contributed by atoms with Crippen LogP contribution in [0.2, 0.25) is 0 Å². The molecule has 2 aliphatic rings. The molecule has 1 saturated heterocycles. The van der Waals surface area contributed by atoms with Gasteiger partial charge in [0.1, 0.15) is 11.6 Å². The number of fused-ring (bicyclic) bond motifs is 1. The summed E-state index contributed by atoms with van der Waals surface area (Å²) in [4.78, 5) is 23.4. The van der Waals surface area contributed by atoms with E-state index in [9.17, 15) is 8.42 Å². The van der Waals surface area contributed by atoms with Crippen molar-refractivity contribution < 1.29 is 8.42 Å². The van der Waals surface area contributed by atoms with Crippen molar-refractivity contribution in [1.82, 2.24) is 29.1 Å². The Balaban J connectivity index is 1.49. The number of rotatable bonds is 5. The van der Waals surface area contributed by atoms with Crippen molar-refractivity contribution in [2.75, 3.05) is 54.7 Å². The molecule has 4 heterocycles. The number of piperazine rings is 1. The van der Waals surface area contributed by atoms with Gasteiger partial charge >= 0.3 is 0 Å². The Bertz CT molecular complexity index is 1360. The van der Waals surface area contributed by atoms with Gasteiger partial charge in [0.15, 0.2) is 5.82 Å². The summed E-state index contributed by atoms with van der Waals surface area (Å²) in [6.45, 7) is 4.67. The number of nitrogen functional groups attached to an aromatic ring is 2. The first-order valence-electron chi connectivity index (χ1n) is 11.1. The van der Waals surface area contributed by atoms with E-state index in [0.717, 1.165) is 27.5 Å². The van der Waals surface area contributed by atoms with Crippen LogP contribution in [0.25, 0.3) is 11.4 Å². The normalized spacial score (nSPS) is 17.0. The number of hydrogen-bond acceptors (Lipinski definition) is 11. The van der Waals surface area contributed by atoms with Crippen molar-refractivity contribution in [1.29, 1.82) is 0 Å². The van der Waals surface area contributed by atoms with Crippen LogP contribution in [0, 0.1) is 6.92 Å².